The molecule has 5 nitrogen and oxygen atoms in total. The van der Waals surface area contributed by atoms with Gasteiger partial charge in [0.15, 0.2) is 0 Å². The minimum absolute atomic E-state index is 0.270. The van der Waals surface area contributed by atoms with Crippen LogP contribution in [-0.4, -0.2) is 33.6 Å². The van der Waals surface area contributed by atoms with Gasteiger partial charge in [-0.25, -0.2) is 9.78 Å². The lowest BCUT2D eigenvalue weighted by atomic mass is 10.0. The molecule has 2 aromatic carbocycles. The fourth-order valence-electron chi connectivity index (χ4n) is 4.73. The summed E-state index contributed by atoms with van der Waals surface area (Å²) < 4.78 is 40.0. The van der Waals surface area contributed by atoms with Gasteiger partial charge in [0.2, 0.25) is 0 Å². The number of aromatic nitrogens is 2. The van der Waals surface area contributed by atoms with Crippen LogP contribution in [0, 0.1) is 0 Å². The Hall–Kier alpha value is -3.33. The van der Waals surface area contributed by atoms with Crippen LogP contribution in [-0.2, 0) is 25.7 Å². The molecule has 0 bridgehead atoms. The number of pyridine rings is 1. The van der Waals surface area contributed by atoms with Crippen molar-refractivity contribution in [2.45, 2.75) is 25.7 Å². The minimum atomic E-state index is -4.35. The van der Waals surface area contributed by atoms with Gasteiger partial charge in [-0.15, -0.1) is 0 Å². The molecule has 4 aromatic rings. The van der Waals surface area contributed by atoms with E-state index in [2.05, 4.69) is 15.2 Å². The molecule has 1 N–H and O–H groups in total. The number of rotatable bonds is 5. The number of hydrogen-bond acceptors (Lipinski definition) is 3. The zero-order valence-corrected chi connectivity index (χ0v) is 21.6. The van der Waals surface area contributed by atoms with E-state index in [1.54, 1.807) is 29.0 Å². The zero-order chi connectivity index (χ0) is 26.9. The molecule has 0 fully saturated rings. The topological polar surface area (TPSA) is 50.2 Å². The predicted molar refractivity (Wildman–Crippen MR) is 143 cm³/mol. The van der Waals surface area contributed by atoms with E-state index in [4.69, 9.17) is 23.2 Å². The van der Waals surface area contributed by atoms with Gasteiger partial charge < -0.3 is 5.32 Å². The zero-order valence-electron chi connectivity index (χ0n) is 20.1. The number of hydrogen-bond donors (Lipinski definition) is 1. The maximum absolute atomic E-state index is 13.3. The SMILES string of the molecule is O=C(NCc1ccnc(Cl)c1)n1c2c(c3cccc(Cl)c31)CN(C/C=C/c1ccc(C(F)(F)F)cc1)CC2. The summed E-state index contributed by atoms with van der Waals surface area (Å²) >= 11 is 12.5. The lowest BCUT2D eigenvalue weighted by Gasteiger charge is -2.27. The summed E-state index contributed by atoms with van der Waals surface area (Å²) in [5.74, 6) is 0. The molecule has 1 aliphatic rings. The first-order valence-corrected chi connectivity index (χ1v) is 12.7. The summed E-state index contributed by atoms with van der Waals surface area (Å²) in [6.45, 7) is 2.23. The number of nitrogens with zero attached hydrogens (tertiary/aromatic N) is 3. The van der Waals surface area contributed by atoms with Crippen LogP contribution in [0.2, 0.25) is 10.2 Å². The van der Waals surface area contributed by atoms with Gasteiger partial charge >= 0.3 is 12.2 Å². The number of para-hydroxylation sites is 1. The van der Waals surface area contributed by atoms with Crippen LogP contribution in [0.5, 0.6) is 0 Å². The van der Waals surface area contributed by atoms with Crippen molar-refractivity contribution in [2.75, 3.05) is 13.1 Å². The average Bonchev–Trinajstić information content (AvgIpc) is 3.22. The molecular formula is C28H23Cl2F3N4O. The number of fused-ring (bicyclic) bond motifs is 3. The Morgan fingerprint density at radius 3 is 2.63 bits per heavy atom. The molecule has 0 atom stereocenters. The molecule has 0 spiro atoms. The largest absolute Gasteiger partial charge is 0.416 e. The van der Waals surface area contributed by atoms with Gasteiger partial charge in [0.1, 0.15) is 5.15 Å². The molecule has 5 rings (SSSR count). The van der Waals surface area contributed by atoms with E-state index in [0.29, 0.717) is 53.9 Å². The van der Waals surface area contributed by atoms with E-state index >= 15 is 0 Å². The van der Waals surface area contributed by atoms with E-state index in [1.165, 1.54) is 12.1 Å². The van der Waals surface area contributed by atoms with Crippen LogP contribution in [0.3, 0.4) is 0 Å². The van der Waals surface area contributed by atoms with Gasteiger partial charge in [0.05, 0.1) is 16.1 Å². The van der Waals surface area contributed by atoms with Gasteiger partial charge in [0, 0.05) is 49.9 Å². The van der Waals surface area contributed by atoms with Gasteiger partial charge in [0.25, 0.3) is 0 Å². The molecule has 3 heterocycles. The second kappa shape index (κ2) is 10.8. The van der Waals surface area contributed by atoms with Crippen molar-refractivity contribution in [3.05, 3.63) is 105 Å². The van der Waals surface area contributed by atoms with Gasteiger partial charge in [-0.2, -0.15) is 13.2 Å². The van der Waals surface area contributed by atoms with E-state index < -0.39 is 11.7 Å². The normalized spacial score (nSPS) is 14.2. The number of nitrogens with one attached hydrogen (secondary N) is 1. The maximum Gasteiger partial charge on any atom is 0.416 e. The molecule has 0 aliphatic carbocycles. The summed E-state index contributed by atoms with van der Waals surface area (Å²) in [6.07, 6.45) is 1.64. The number of halogens is 5. The van der Waals surface area contributed by atoms with Crippen LogP contribution < -0.4 is 5.32 Å². The summed E-state index contributed by atoms with van der Waals surface area (Å²) in [4.78, 5) is 19.5. The number of benzene rings is 2. The third kappa shape index (κ3) is 5.57. The smallest absolute Gasteiger partial charge is 0.333 e. The Bertz CT molecular complexity index is 1510. The number of amides is 1. The number of alkyl halides is 3. The van der Waals surface area contributed by atoms with E-state index in [1.807, 2.05) is 24.3 Å². The number of carbonyl (C=O) groups is 1. The van der Waals surface area contributed by atoms with Gasteiger partial charge in [-0.05, 0) is 47.0 Å². The summed E-state index contributed by atoms with van der Waals surface area (Å²) in [7, 11) is 0. The van der Waals surface area contributed by atoms with Gasteiger partial charge in [-0.1, -0.05) is 59.6 Å². The third-order valence-corrected chi connectivity index (χ3v) is 7.06. The minimum Gasteiger partial charge on any atom is -0.333 e. The van der Waals surface area contributed by atoms with Crippen LogP contribution >= 0.6 is 23.2 Å². The Morgan fingerprint density at radius 2 is 1.89 bits per heavy atom. The van der Waals surface area contributed by atoms with Crippen molar-refractivity contribution < 1.29 is 18.0 Å². The second-order valence-electron chi connectivity index (χ2n) is 9.05. The third-order valence-electron chi connectivity index (χ3n) is 6.55. The second-order valence-corrected chi connectivity index (χ2v) is 9.84. The molecule has 2 aromatic heterocycles. The average molecular weight is 559 g/mol. The Balaban J connectivity index is 1.33. The highest BCUT2D eigenvalue weighted by atomic mass is 35.5. The maximum atomic E-state index is 13.3. The van der Waals surface area contributed by atoms with Crippen molar-refractivity contribution >= 4 is 46.2 Å². The highest BCUT2D eigenvalue weighted by Gasteiger charge is 2.30. The Labute approximate surface area is 227 Å². The molecule has 1 aliphatic heterocycles. The monoisotopic (exact) mass is 558 g/mol. The fourth-order valence-corrected chi connectivity index (χ4v) is 5.18. The predicted octanol–water partition coefficient (Wildman–Crippen LogP) is 7.19. The molecule has 10 heteroatoms. The molecule has 0 saturated carbocycles. The molecule has 0 radical (unpaired) electrons. The van der Waals surface area contributed by atoms with E-state index in [0.717, 1.165) is 34.3 Å². The van der Waals surface area contributed by atoms with Crippen molar-refractivity contribution in [1.29, 1.82) is 0 Å². The summed E-state index contributed by atoms with van der Waals surface area (Å²) in [5, 5.41) is 4.73. The fraction of sp³-hybridized carbons (Fsp3) is 0.214. The summed E-state index contributed by atoms with van der Waals surface area (Å²) in [6, 6.07) is 13.9. The molecule has 38 heavy (non-hydrogen) atoms. The highest BCUT2D eigenvalue weighted by Crippen LogP contribution is 2.35. The first-order valence-electron chi connectivity index (χ1n) is 12.0. The Morgan fingerprint density at radius 1 is 1.11 bits per heavy atom. The molecule has 0 saturated heterocycles. The quantitative estimate of drug-likeness (QED) is 0.264. The van der Waals surface area contributed by atoms with E-state index in [9.17, 15) is 18.0 Å². The van der Waals surface area contributed by atoms with Crippen molar-refractivity contribution in [2.24, 2.45) is 0 Å². The number of carbonyl (C=O) groups excluding carboxylic acids is 1. The van der Waals surface area contributed by atoms with Crippen molar-refractivity contribution in [1.82, 2.24) is 19.8 Å². The van der Waals surface area contributed by atoms with Crippen LogP contribution in [0.4, 0.5) is 18.0 Å². The highest BCUT2D eigenvalue weighted by molar-refractivity contribution is 6.35. The molecule has 0 unspecified atom stereocenters. The lowest BCUT2D eigenvalue weighted by molar-refractivity contribution is -0.137. The first kappa shape index (κ1) is 26.3. The molecular weight excluding hydrogens is 536 g/mol. The van der Waals surface area contributed by atoms with Crippen molar-refractivity contribution in [3.8, 4) is 0 Å². The first-order chi connectivity index (χ1) is 18.2. The van der Waals surface area contributed by atoms with Crippen LogP contribution in [0.1, 0.15) is 27.9 Å². The van der Waals surface area contributed by atoms with Crippen molar-refractivity contribution in [3.63, 3.8) is 0 Å². The lowest BCUT2D eigenvalue weighted by Crippen LogP contribution is -2.34. The summed E-state index contributed by atoms with van der Waals surface area (Å²) in [5.41, 5.74) is 3.50. The molecule has 1 amide bonds. The van der Waals surface area contributed by atoms with Crippen LogP contribution in [0.25, 0.3) is 17.0 Å². The molecule has 196 valence electrons. The van der Waals surface area contributed by atoms with E-state index in [-0.39, 0.29) is 6.03 Å². The van der Waals surface area contributed by atoms with Crippen LogP contribution in [0.15, 0.2) is 66.9 Å². The van der Waals surface area contributed by atoms with Gasteiger partial charge in [-0.3, -0.25) is 9.47 Å². The Kier molecular flexibility index (Phi) is 7.47. The standard InChI is InChI=1S/C28H23Cl2F3N4O/c29-23-5-1-4-21-22-17-36(13-2-3-18-6-8-20(9-7-18)28(31,32)33)14-11-24(22)37(26(21)23)27(38)35-16-19-10-12-34-25(30)15-19/h1-10,12,15H,11,13-14,16-17H2,(H,35,38)/b3-2+.